The van der Waals surface area contributed by atoms with Crippen LogP contribution in [-0.4, -0.2) is 46.3 Å². The van der Waals surface area contributed by atoms with Gasteiger partial charge in [-0.15, -0.1) is 0 Å². The van der Waals surface area contributed by atoms with Crippen LogP contribution >= 0.6 is 0 Å². The van der Waals surface area contributed by atoms with E-state index in [2.05, 4.69) is 20.6 Å². The first-order chi connectivity index (χ1) is 9.04. The predicted molar refractivity (Wildman–Crippen MR) is 70.7 cm³/mol. The Kier molecular flexibility index (Phi) is 3.64. The SMILES string of the molecule is CCNc1ncnc(NC2CC(=O)N(C)C2=O)c1C. The molecule has 7 heteroatoms. The molecule has 7 nitrogen and oxygen atoms in total. The quantitative estimate of drug-likeness (QED) is 0.764. The highest BCUT2D eigenvalue weighted by Gasteiger charge is 2.36. The Morgan fingerprint density at radius 2 is 2.05 bits per heavy atom. The molecule has 0 spiro atoms. The van der Waals surface area contributed by atoms with Crippen molar-refractivity contribution in [2.75, 3.05) is 24.2 Å². The van der Waals surface area contributed by atoms with Crippen molar-refractivity contribution in [3.63, 3.8) is 0 Å². The minimum Gasteiger partial charge on any atom is -0.370 e. The monoisotopic (exact) mass is 263 g/mol. The van der Waals surface area contributed by atoms with Gasteiger partial charge in [-0.1, -0.05) is 0 Å². The average Bonchev–Trinajstić information content (AvgIpc) is 2.62. The summed E-state index contributed by atoms with van der Waals surface area (Å²) in [6.45, 7) is 4.59. The van der Waals surface area contributed by atoms with Crippen LogP contribution in [0.25, 0.3) is 0 Å². The molecule has 0 aliphatic carbocycles. The molecule has 2 amide bonds. The van der Waals surface area contributed by atoms with Crippen molar-refractivity contribution >= 4 is 23.5 Å². The van der Waals surface area contributed by atoms with Crippen LogP contribution in [0, 0.1) is 6.92 Å². The summed E-state index contributed by atoms with van der Waals surface area (Å²) in [5, 5.41) is 6.13. The van der Waals surface area contributed by atoms with E-state index in [0.717, 1.165) is 22.8 Å². The number of anilines is 2. The summed E-state index contributed by atoms with van der Waals surface area (Å²) in [7, 11) is 1.49. The smallest absolute Gasteiger partial charge is 0.251 e. The van der Waals surface area contributed by atoms with Crippen LogP contribution in [0.4, 0.5) is 11.6 Å². The second kappa shape index (κ2) is 5.21. The lowest BCUT2D eigenvalue weighted by Crippen LogP contribution is -2.32. The molecule has 1 unspecified atom stereocenters. The zero-order valence-corrected chi connectivity index (χ0v) is 11.2. The Morgan fingerprint density at radius 3 is 2.63 bits per heavy atom. The van der Waals surface area contributed by atoms with E-state index in [4.69, 9.17) is 0 Å². The van der Waals surface area contributed by atoms with Crippen molar-refractivity contribution in [3.8, 4) is 0 Å². The van der Waals surface area contributed by atoms with Crippen LogP contribution in [-0.2, 0) is 9.59 Å². The molecule has 1 saturated heterocycles. The summed E-state index contributed by atoms with van der Waals surface area (Å²) in [6, 6.07) is -0.541. The number of imide groups is 1. The molecule has 2 N–H and O–H groups in total. The zero-order valence-electron chi connectivity index (χ0n) is 11.2. The second-order valence-corrected chi connectivity index (χ2v) is 4.42. The van der Waals surface area contributed by atoms with Crippen molar-refractivity contribution in [1.29, 1.82) is 0 Å². The number of hydrogen-bond donors (Lipinski definition) is 2. The molecule has 0 saturated carbocycles. The van der Waals surface area contributed by atoms with Gasteiger partial charge >= 0.3 is 0 Å². The summed E-state index contributed by atoms with van der Waals surface area (Å²) < 4.78 is 0. The summed E-state index contributed by atoms with van der Waals surface area (Å²) >= 11 is 0. The van der Waals surface area contributed by atoms with Gasteiger partial charge < -0.3 is 10.6 Å². The number of carbonyl (C=O) groups excluding carboxylic acids is 2. The summed E-state index contributed by atoms with van der Waals surface area (Å²) in [5.41, 5.74) is 0.833. The highest BCUT2D eigenvalue weighted by molar-refractivity contribution is 6.06. The van der Waals surface area contributed by atoms with Crippen LogP contribution in [0.1, 0.15) is 18.9 Å². The molecule has 19 heavy (non-hydrogen) atoms. The minimum atomic E-state index is -0.541. The normalized spacial score (nSPS) is 18.9. The van der Waals surface area contributed by atoms with Crippen molar-refractivity contribution < 1.29 is 9.59 Å². The van der Waals surface area contributed by atoms with Gasteiger partial charge in [0.05, 0.1) is 6.42 Å². The first-order valence-corrected chi connectivity index (χ1v) is 6.17. The highest BCUT2D eigenvalue weighted by atomic mass is 16.2. The first kappa shape index (κ1) is 13.3. The molecule has 1 aliphatic heterocycles. The van der Waals surface area contributed by atoms with E-state index in [1.165, 1.54) is 13.4 Å². The number of likely N-dealkylation sites (tertiary alicyclic amines) is 1. The number of likely N-dealkylation sites (N-methyl/N-ethyl adjacent to an activating group) is 1. The van der Waals surface area contributed by atoms with Crippen LogP contribution < -0.4 is 10.6 Å². The predicted octanol–water partition coefficient (Wildman–Crippen LogP) is 0.386. The lowest BCUT2D eigenvalue weighted by molar-refractivity contribution is -0.136. The average molecular weight is 263 g/mol. The Balaban J connectivity index is 2.18. The Hall–Kier alpha value is -2.18. The largest absolute Gasteiger partial charge is 0.370 e. The standard InChI is InChI=1S/C12H17N5O2/c1-4-13-10-7(2)11(15-6-14-10)16-8-5-9(18)17(3)12(8)19/h6,8H,4-5H2,1-3H3,(H2,13,14,15,16). The van der Waals surface area contributed by atoms with Gasteiger partial charge in [-0.2, -0.15) is 0 Å². The molecule has 0 bridgehead atoms. The molecule has 0 aromatic carbocycles. The molecule has 1 fully saturated rings. The Morgan fingerprint density at radius 1 is 1.37 bits per heavy atom. The molecule has 2 heterocycles. The lowest BCUT2D eigenvalue weighted by Gasteiger charge is -2.15. The maximum absolute atomic E-state index is 11.8. The fourth-order valence-corrected chi connectivity index (χ4v) is 1.97. The number of nitrogens with one attached hydrogen (secondary N) is 2. The van der Waals surface area contributed by atoms with Crippen molar-refractivity contribution in [2.45, 2.75) is 26.3 Å². The number of rotatable bonds is 4. The van der Waals surface area contributed by atoms with Gasteiger partial charge in [-0.25, -0.2) is 9.97 Å². The van der Waals surface area contributed by atoms with Gasteiger partial charge in [0, 0.05) is 19.2 Å². The number of aromatic nitrogens is 2. The van der Waals surface area contributed by atoms with Gasteiger partial charge in [0.15, 0.2) is 0 Å². The zero-order chi connectivity index (χ0) is 14.0. The summed E-state index contributed by atoms with van der Waals surface area (Å²) in [4.78, 5) is 32.7. The van der Waals surface area contributed by atoms with E-state index in [-0.39, 0.29) is 18.2 Å². The van der Waals surface area contributed by atoms with Crippen molar-refractivity contribution in [3.05, 3.63) is 11.9 Å². The third kappa shape index (κ3) is 2.49. The molecule has 1 aromatic heterocycles. The van der Waals surface area contributed by atoms with Crippen LogP contribution in [0.3, 0.4) is 0 Å². The maximum atomic E-state index is 11.8. The van der Waals surface area contributed by atoms with E-state index >= 15 is 0 Å². The third-order valence-electron chi connectivity index (χ3n) is 3.12. The van der Waals surface area contributed by atoms with Gasteiger partial charge in [-0.05, 0) is 13.8 Å². The number of hydrogen-bond acceptors (Lipinski definition) is 6. The topological polar surface area (TPSA) is 87.2 Å². The first-order valence-electron chi connectivity index (χ1n) is 6.17. The molecular formula is C12H17N5O2. The number of amides is 2. The molecule has 1 atom stereocenters. The number of nitrogens with zero attached hydrogens (tertiary/aromatic N) is 3. The fourth-order valence-electron chi connectivity index (χ4n) is 1.97. The van der Waals surface area contributed by atoms with Gasteiger partial charge in [0.25, 0.3) is 5.91 Å². The number of carbonyl (C=O) groups is 2. The van der Waals surface area contributed by atoms with Crippen molar-refractivity contribution in [2.24, 2.45) is 0 Å². The van der Waals surface area contributed by atoms with Crippen LogP contribution in [0.2, 0.25) is 0 Å². The maximum Gasteiger partial charge on any atom is 0.251 e. The van der Waals surface area contributed by atoms with Crippen molar-refractivity contribution in [1.82, 2.24) is 14.9 Å². The molecule has 1 aromatic rings. The molecule has 2 rings (SSSR count). The van der Waals surface area contributed by atoms with E-state index in [9.17, 15) is 9.59 Å². The summed E-state index contributed by atoms with van der Waals surface area (Å²) in [5.74, 6) is 0.895. The highest BCUT2D eigenvalue weighted by Crippen LogP contribution is 2.21. The van der Waals surface area contributed by atoms with Gasteiger partial charge in [0.1, 0.15) is 24.0 Å². The molecular weight excluding hydrogens is 246 g/mol. The lowest BCUT2D eigenvalue weighted by atomic mass is 10.2. The molecule has 0 radical (unpaired) electrons. The van der Waals surface area contributed by atoms with E-state index in [1.807, 2.05) is 13.8 Å². The van der Waals surface area contributed by atoms with Crippen LogP contribution in [0.15, 0.2) is 6.33 Å². The minimum absolute atomic E-state index is 0.162. The second-order valence-electron chi connectivity index (χ2n) is 4.42. The Labute approximate surface area is 111 Å². The molecule has 102 valence electrons. The third-order valence-corrected chi connectivity index (χ3v) is 3.12. The van der Waals surface area contributed by atoms with Gasteiger partial charge in [-0.3, -0.25) is 14.5 Å². The molecule has 1 aliphatic rings. The van der Waals surface area contributed by atoms with E-state index in [1.54, 1.807) is 0 Å². The fraction of sp³-hybridized carbons (Fsp3) is 0.500. The van der Waals surface area contributed by atoms with Crippen LogP contribution in [0.5, 0.6) is 0 Å². The van der Waals surface area contributed by atoms with Gasteiger partial charge in [0.2, 0.25) is 5.91 Å². The van der Waals surface area contributed by atoms with E-state index in [0.29, 0.717) is 5.82 Å². The Bertz CT molecular complexity index is 517. The summed E-state index contributed by atoms with van der Waals surface area (Å²) in [6.07, 6.45) is 1.59. The van der Waals surface area contributed by atoms with E-state index < -0.39 is 6.04 Å².